The molecule has 0 saturated carbocycles. The zero-order chi connectivity index (χ0) is 26.0. The summed E-state index contributed by atoms with van der Waals surface area (Å²) in [6, 6.07) is 15.3. The molecule has 4 rings (SSSR count). The molecule has 8 nitrogen and oxygen atoms in total. The predicted octanol–water partition coefficient (Wildman–Crippen LogP) is 3.95. The highest BCUT2D eigenvalue weighted by Gasteiger charge is 2.24. The summed E-state index contributed by atoms with van der Waals surface area (Å²) in [5.74, 6) is -1.32. The lowest BCUT2D eigenvalue weighted by Gasteiger charge is -2.31. The second-order valence-corrected chi connectivity index (χ2v) is 8.74. The molecule has 3 aromatic rings. The minimum absolute atomic E-state index is 0.160. The number of nitrogens with one attached hydrogen (secondary N) is 1. The highest BCUT2D eigenvalue weighted by molar-refractivity contribution is 5.92. The molecule has 2 heterocycles. The number of benzene rings is 2. The Labute approximate surface area is 214 Å². The number of nitrogens with zero attached hydrogens (tertiary/aromatic N) is 3. The number of carbonyl (C=O) groups excluding carboxylic acids is 2. The van der Waals surface area contributed by atoms with E-state index in [1.807, 2.05) is 30.3 Å². The third-order valence-corrected chi connectivity index (χ3v) is 6.07. The maximum Gasteiger partial charge on any atom is 0.322 e. The monoisotopic (exact) mass is 512 g/mol. The van der Waals surface area contributed by atoms with Crippen LogP contribution in [0.25, 0.3) is 0 Å². The Balaban J connectivity index is 1.49. The Hall–Kier alpha value is -3.76. The molecule has 0 aliphatic carbocycles. The summed E-state index contributed by atoms with van der Waals surface area (Å²) in [4.78, 5) is 31.8. The van der Waals surface area contributed by atoms with E-state index in [4.69, 9.17) is 9.15 Å². The average Bonchev–Trinajstić information content (AvgIpc) is 3.42. The van der Waals surface area contributed by atoms with Gasteiger partial charge >= 0.3 is 6.03 Å². The van der Waals surface area contributed by atoms with E-state index < -0.39 is 17.7 Å². The first-order valence-electron chi connectivity index (χ1n) is 12.1. The van der Waals surface area contributed by atoms with Crippen LogP contribution in [0.5, 0.6) is 0 Å². The van der Waals surface area contributed by atoms with Gasteiger partial charge in [0.05, 0.1) is 31.7 Å². The maximum absolute atomic E-state index is 14.2. The fourth-order valence-corrected chi connectivity index (χ4v) is 4.01. The Morgan fingerprint density at radius 2 is 1.73 bits per heavy atom. The van der Waals surface area contributed by atoms with Gasteiger partial charge < -0.3 is 24.3 Å². The van der Waals surface area contributed by atoms with Crippen molar-refractivity contribution in [3.63, 3.8) is 0 Å². The van der Waals surface area contributed by atoms with E-state index in [9.17, 15) is 18.4 Å². The number of ether oxygens (including phenoxy) is 1. The van der Waals surface area contributed by atoms with Crippen LogP contribution in [0.3, 0.4) is 0 Å². The van der Waals surface area contributed by atoms with E-state index in [1.54, 1.807) is 23.3 Å². The van der Waals surface area contributed by atoms with Gasteiger partial charge in [-0.05, 0) is 29.8 Å². The molecule has 0 unspecified atom stereocenters. The van der Waals surface area contributed by atoms with Crippen LogP contribution in [0, 0.1) is 11.6 Å². The topological polar surface area (TPSA) is 78.3 Å². The smallest absolute Gasteiger partial charge is 0.322 e. The quantitative estimate of drug-likeness (QED) is 0.445. The number of hydrogen-bond acceptors (Lipinski definition) is 5. The minimum Gasteiger partial charge on any atom is -0.467 e. The van der Waals surface area contributed by atoms with Crippen LogP contribution in [0.4, 0.5) is 19.3 Å². The molecule has 1 aliphatic heterocycles. The molecule has 196 valence electrons. The molecule has 0 spiro atoms. The zero-order valence-corrected chi connectivity index (χ0v) is 20.4. The van der Waals surface area contributed by atoms with Crippen LogP contribution in [0.2, 0.25) is 0 Å². The number of hydrogen-bond donors (Lipinski definition) is 1. The lowest BCUT2D eigenvalue weighted by atomic mass is 10.2. The number of carbonyl (C=O) groups is 2. The van der Waals surface area contributed by atoms with E-state index in [-0.39, 0.29) is 31.2 Å². The highest BCUT2D eigenvalue weighted by atomic mass is 19.1. The van der Waals surface area contributed by atoms with Crippen LogP contribution >= 0.6 is 0 Å². The Morgan fingerprint density at radius 1 is 0.946 bits per heavy atom. The van der Waals surface area contributed by atoms with Crippen molar-refractivity contribution in [2.75, 3.05) is 51.3 Å². The van der Waals surface area contributed by atoms with Crippen molar-refractivity contribution in [1.29, 1.82) is 0 Å². The van der Waals surface area contributed by atoms with Gasteiger partial charge in [-0.25, -0.2) is 13.6 Å². The Kier molecular flexibility index (Phi) is 9.23. The third kappa shape index (κ3) is 7.86. The Morgan fingerprint density at radius 3 is 2.43 bits per heavy atom. The molecule has 0 bridgehead atoms. The van der Waals surface area contributed by atoms with E-state index in [1.165, 1.54) is 4.90 Å². The maximum atomic E-state index is 14.2. The van der Waals surface area contributed by atoms with Gasteiger partial charge in [0.2, 0.25) is 5.91 Å². The molecule has 37 heavy (non-hydrogen) atoms. The summed E-state index contributed by atoms with van der Waals surface area (Å²) in [6.07, 6.45) is 1.54. The molecule has 10 heteroatoms. The number of rotatable bonds is 10. The van der Waals surface area contributed by atoms with Gasteiger partial charge in [0.25, 0.3) is 0 Å². The van der Waals surface area contributed by atoms with Crippen molar-refractivity contribution in [3.8, 4) is 0 Å². The van der Waals surface area contributed by atoms with Crippen molar-refractivity contribution < 1.29 is 27.5 Å². The molecule has 2 aromatic carbocycles. The summed E-state index contributed by atoms with van der Waals surface area (Å²) in [5, 5.41) is 2.48. The second kappa shape index (κ2) is 13.0. The summed E-state index contributed by atoms with van der Waals surface area (Å²) < 4.78 is 38.4. The summed E-state index contributed by atoms with van der Waals surface area (Å²) in [6.45, 7) is 3.71. The first kappa shape index (κ1) is 26.3. The second-order valence-electron chi connectivity index (χ2n) is 8.74. The Bertz CT molecular complexity index is 1150. The van der Waals surface area contributed by atoms with E-state index in [0.29, 0.717) is 51.2 Å². The lowest BCUT2D eigenvalue weighted by Crippen LogP contribution is -2.48. The van der Waals surface area contributed by atoms with Crippen molar-refractivity contribution in [1.82, 2.24) is 14.7 Å². The standard InChI is InChI=1S/C27H30F2N4O4/c28-22-8-9-25(24(29)17-22)30-27(35)32(11-10-31-12-15-36-16-13-31)20-26(34)33(19-23-7-4-14-37-23)18-21-5-2-1-3-6-21/h1-9,14,17H,10-13,15-16,18-20H2,(H,30,35). The molecule has 1 aromatic heterocycles. The summed E-state index contributed by atoms with van der Waals surface area (Å²) in [5.41, 5.74) is 0.770. The molecular weight excluding hydrogens is 482 g/mol. The van der Waals surface area contributed by atoms with Crippen LogP contribution in [0.1, 0.15) is 11.3 Å². The fraction of sp³-hybridized carbons (Fsp3) is 0.333. The van der Waals surface area contributed by atoms with Crippen LogP contribution in [-0.2, 0) is 22.6 Å². The van der Waals surface area contributed by atoms with Crippen molar-refractivity contribution >= 4 is 17.6 Å². The molecular formula is C27H30F2N4O4. The molecule has 1 N–H and O–H groups in total. The summed E-state index contributed by atoms with van der Waals surface area (Å²) >= 11 is 0. The van der Waals surface area contributed by atoms with Gasteiger partial charge in [-0.1, -0.05) is 30.3 Å². The van der Waals surface area contributed by atoms with E-state index >= 15 is 0 Å². The zero-order valence-electron chi connectivity index (χ0n) is 20.4. The first-order valence-corrected chi connectivity index (χ1v) is 12.1. The number of furan rings is 1. The predicted molar refractivity (Wildman–Crippen MR) is 134 cm³/mol. The number of urea groups is 1. The van der Waals surface area contributed by atoms with Crippen molar-refractivity contribution in [3.05, 3.63) is 89.9 Å². The first-order chi connectivity index (χ1) is 18.0. The minimum atomic E-state index is -0.892. The van der Waals surface area contributed by atoms with Crippen molar-refractivity contribution in [2.45, 2.75) is 13.1 Å². The van der Waals surface area contributed by atoms with E-state index in [0.717, 1.165) is 17.7 Å². The molecule has 1 aliphatic rings. The van der Waals surface area contributed by atoms with Crippen LogP contribution < -0.4 is 5.32 Å². The number of amides is 3. The lowest BCUT2D eigenvalue weighted by molar-refractivity contribution is -0.133. The van der Waals surface area contributed by atoms with Gasteiger partial charge in [-0.15, -0.1) is 0 Å². The van der Waals surface area contributed by atoms with Gasteiger partial charge in [0, 0.05) is 38.8 Å². The molecule has 0 atom stereocenters. The largest absolute Gasteiger partial charge is 0.467 e. The third-order valence-electron chi connectivity index (χ3n) is 6.07. The molecule has 1 fully saturated rings. The molecule has 3 amide bonds. The molecule has 0 radical (unpaired) electrons. The number of anilines is 1. The van der Waals surface area contributed by atoms with Gasteiger partial charge in [0.15, 0.2) is 0 Å². The normalized spacial score (nSPS) is 13.8. The number of morpholine rings is 1. The van der Waals surface area contributed by atoms with Gasteiger partial charge in [0.1, 0.15) is 23.9 Å². The highest BCUT2D eigenvalue weighted by Crippen LogP contribution is 2.17. The van der Waals surface area contributed by atoms with Gasteiger partial charge in [-0.2, -0.15) is 0 Å². The average molecular weight is 513 g/mol. The summed E-state index contributed by atoms with van der Waals surface area (Å²) in [7, 11) is 0. The van der Waals surface area contributed by atoms with E-state index in [2.05, 4.69) is 10.2 Å². The number of halogens is 2. The molecule has 1 saturated heterocycles. The van der Waals surface area contributed by atoms with Gasteiger partial charge in [-0.3, -0.25) is 9.69 Å². The fourth-order valence-electron chi connectivity index (χ4n) is 4.01. The van der Waals surface area contributed by atoms with Crippen LogP contribution in [-0.4, -0.2) is 72.6 Å². The van der Waals surface area contributed by atoms with Crippen molar-refractivity contribution in [2.24, 2.45) is 0 Å². The van der Waals surface area contributed by atoms with Crippen LogP contribution in [0.15, 0.2) is 71.3 Å². The SMILES string of the molecule is O=C(CN(CCN1CCOCC1)C(=O)Nc1ccc(F)cc1F)N(Cc1ccccc1)Cc1ccco1.